The van der Waals surface area contributed by atoms with Gasteiger partial charge in [-0.05, 0) is 25.2 Å². The Bertz CT molecular complexity index is 335. The van der Waals surface area contributed by atoms with Crippen LogP contribution in [0.1, 0.15) is 12.5 Å². The van der Waals surface area contributed by atoms with Crippen LogP contribution >= 0.6 is 0 Å². The average Bonchev–Trinajstić information content (AvgIpc) is 2.24. The fourth-order valence-electron chi connectivity index (χ4n) is 1.26. The van der Waals surface area contributed by atoms with Crippen molar-refractivity contribution < 1.29 is 0 Å². The maximum Gasteiger partial charge on any atom is 0.248 e. The second-order valence-corrected chi connectivity index (χ2v) is 3.63. The van der Waals surface area contributed by atoms with E-state index in [1.807, 2.05) is 6.07 Å². The zero-order valence-electron chi connectivity index (χ0n) is 9.42. The van der Waals surface area contributed by atoms with Crippen molar-refractivity contribution >= 4 is 0 Å². The van der Waals surface area contributed by atoms with Crippen LogP contribution in [0.15, 0.2) is 23.1 Å². The highest BCUT2D eigenvalue weighted by atomic mass is 16.1. The van der Waals surface area contributed by atoms with Crippen molar-refractivity contribution in [3.8, 4) is 0 Å². The minimum Gasteiger partial charge on any atom is -0.329 e. The SMILES string of the molecule is CCN(C)CCNCc1cc[nH]c(=O)c1. The summed E-state index contributed by atoms with van der Waals surface area (Å²) in [6, 6.07) is 3.54. The number of nitrogens with zero attached hydrogens (tertiary/aromatic N) is 1. The van der Waals surface area contributed by atoms with Crippen LogP contribution in [0.25, 0.3) is 0 Å². The number of pyridine rings is 1. The average molecular weight is 209 g/mol. The molecule has 4 nitrogen and oxygen atoms in total. The van der Waals surface area contributed by atoms with E-state index >= 15 is 0 Å². The highest BCUT2D eigenvalue weighted by molar-refractivity contribution is 5.09. The largest absolute Gasteiger partial charge is 0.329 e. The zero-order valence-corrected chi connectivity index (χ0v) is 9.42. The number of aromatic amines is 1. The van der Waals surface area contributed by atoms with Crippen LogP contribution in [-0.4, -0.2) is 36.6 Å². The van der Waals surface area contributed by atoms with E-state index in [1.54, 1.807) is 12.3 Å². The molecule has 0 spiro atoms. The highest BCUT2D eigenvalue weighted by Gasteiger charge is 1.95. The molecule has 1 heterocycles. The molecule has 15 heavy (non-hydrogen) atoms. The lowest BCUT2D eigenvalue weighted by molar-refractivity contribution is 0.349. The summed E-state index contributed by atoms with van der Waals surface area (Å²) >= 11 is 0. The van der Waals surface area contributed by atoms with Crippen molar-refractivity contribution in [2.45, 2.75) is 13.5 Å². The molecule has 0 unspecified atom stereocenters. The molecule has 0 saturated carbocycles. The Morgan fingerprint density at radius 1 is 1.53 bits per heavy atom. The Morgan fingerprint density at radius 2 is 2.33 bits per heavy atom. The van der Waals surface area contributed by atoms with Gasteiger partial charge in [0.2, 0.25) is 5.56 Å². The standard InChI is InChI=1S/C11H19N3O/c1-3-14(2)7-6-12-9-10-4-5-13-11(15)8-10/h4-5,8,12H,3,6-7,9H2,1-2H3,(H,13,15). The van der Waals surface area contributed by atoms with Gasteiger partial charge in [-0.15, -0.1) is 0 Å². The maximum absolute atomic E-state index is 11.0. The van der Waals surface area contributed by atoms with Gasteiger partial charge in [0.15, 0.2) is 0 Å². The monoisotopic (exact) mass is 209 g/mol. The minimum atomic E-state index is -0.0417. The van der Waals surface area contributed by atoms with Gasteiger partial charge >= 0.3 is 0 Å². The molecule has 0 aliphatic rings. The third-order valence-corrected chi connectivity index (χ3v) is 2.38. The molecule has 0 bridgehead atoms. The Kier molecular flexibility index (Phi) is 5.07. The van der Waals surface area contributed by atoms with E-state index in [9.17, 15) is 4.79 Å². The maximum atomic E-state index is 11.0. The first kappa shape index (κ1) is 11.9. The molecule has 1 rings (SSSR count). The molecule has 0 amide bonds. The summed E-state index contributed by atoms with van der Waals surface area (Å²) in [7, 11) is 2.09. The van der Waals surface area contributed by atoms with Gasteiger partial charge in [-0.3, -0.25) is 4.79 Å². The summed E-state index contributed by atoms with van der Waals surface area (Å²) in [6.07, 6.45) is 1.68. The molecule has 1 aromatic rings. The van der Waals surface area contributed by atoms with Crippen molar-refractivity contribution in [3.63, 3.8) is 0 Å². The Hall–Kier alpha value is -1.13. The van der Waals surface area contributed by atoms with Crippen molar-refractivity contribution in [2.75, 3.05) is 26.7 Å². The van der Waals surface area contributed by atoms with Crippen LogP contribution < -0.4 is 10.9 Å². The second kappa shape index (κ2) is 6.37. The zero-order chi connectivity index (χ0) is 11.1. The van der Waals surface area contributed by atoms with Crippen LogP contribution in [0.2, 0.25) is 0 Å². The summed E-state index contributed by atoms with van der Waals surface area (Å²) in [4.78, 5) is 15.8. The first-order valence-electron chi connectivity index (χ1n) is 5.29. The van der Waals surface area contributed by atoms with E-state index in [4.69, 9.17) is 0 Å². The van der Waals surface area contributed by atoms with Crippen LogP contribution in [0, 0.1) is 0 Å². The van der Waals surface area contributed by atoms with Gasteiger partial charge in [0, 0.05) is 31.9 Å². The Labute approximate surface area is 90.3 Å². The summed E-state index contributed by atoms with van der Waals surface area (Å²) in [6.45, 7) is 5.92. The number of nitrogens with one attached hydrogen (secondary N) is 2. The van der Waals surface area contributed by atoms with Crippen molar-refractivity contribution in [2.24, 2.45) is 0 Å². The molecular weight excluding hydrogens is 190 g/mol. The minimum absolute atomic E-state index is 0.0417. The molecule has 0 saturated heterocycles. The van der Waals surface area contributed by atoms with Crippen LogP contribution in [0.5, 0.6) is 0 Å². The predicted octanol–water partition coefficient (Wildman–Crippen LogP) is 0.416. The summed E-state index contributed by atoms with van der Waals surface area (Å²) in [5.41, 5.74) is 0.984. The van der Waals surface area contributed by atoms with Crippen LogP contribution in [0.3, 0.4) is 0 Å². The lowest BCUT2D eigenvalue weighted by Gasteiger charge is -2.13. The summed E-state index contributed by atoms with van der Waals surface area (Å²) in [5.74, 6) is 0. The predicted molar refractivity (Wildman–Crippen MR) is 61.9 cm³/mol. The number of hydrogen-bond acceptors (Lipinski definition) is 3. The molecule has 4 heteroatoms. The van der Waals surface area contributed by atoms with E-state index in [0.29, 0.717) is 0 Å². The normalized spacial score (nSPS) is 10.9. The number of hydrogen-bond donors (Lipinski definition) is 2. The molecule has 0 aromatic carbocycles. The number of aromatic nitrogens is 1. The van der Waals surface area contributed by atoms with Crippen molar-refractivity contribution in [1.82, 2.24) is 15.2 Å². The first-order chi connectivity index (χ1) is 7.22. The second-order valence-electron chi connectivity index (χ2n) is 3.63. The topological polar surface area (TPSA) is 48.1 Å². The van der Waals surface area contributed by atoms with Gasteiger partial charge in [0.25, 0.3) is 0 Å². The highest BCUT2D eigenvalue weighted by Crippen LogP contribution is 1.91. The van der Waals surface area contributed by atoms with Gasteiger partial charge in [-0.25, -0.2) is 0 Å². The Balaban J connectivity index is 2.23. The molecule has 84 valence electrons. The molecule has 0 aliphatic heterocycles. The quantitative estimate of drug-likeness (QED) is 0.667. The third kappa shape index (κ3) is 4.76. The van der Waals surface area contributed by atoms with Crippen LogP contribution in [0.4, 0.5) is 0 Å². The third-order valence-electron chi connectivity index (χ3n) is 2.38. The van der Waals surface area contributed by atoms with Gasteiger partial charge in [0.1, 0.15) is 0 Å². The molecule has 0 radical (unpaired) electrons. The number of rotatable bonds is 6. The van der Waals surface area contributed by atoms with Crippen molar-refractivity contribution in [1.29, 1.82) is 0 Å². The summed E-state index contributed by atoms with van der Waals surface area (Å²) < 4.78 is 0. The van der Waals surface area contributed by atoms with Gasteiger partial charge < -0.3 is 15.2 Å². The van der Waals surface area contributed by atoms with Gasteiger partial charge in [0.05, 0.1) is 0 Å². The first-order valence-corrected chi connectivity index (χ1v) is 5.29. The van der Waals surface area contributed by atoms with Gasteiger partial charge in [-0.2, -0.15) is 0 Å². The molecule has 1 aromatic heterocycles. The molecule has 0 aliphatic carbocycles. The van der Waals surface area contributed by atoms with E-state index in [0.717, 1.165) is 31.7 Å². The van der Waals surface area contributed by atoms with E-state index in [2.05, 4.69) is 29.2 Å². The molecular formula is C11H19N3O. The van der Waals surface area contributed by atoms with Crippen LogP contribution in [-0.2, 0) is 6.54 Å². The lowest BCUT2D eigenvalue weighted by Crippen LogP contribution is -2.28. The Morgan fingerprint density at radius 3 is 3.00 bits per heavy atom. The smallest absolute Gasteiger partial charge is 0.248 e. The molecule has 0 fully saturated rings. The van der Waals surface area contributed by atoms with Gasteiger partial charge in [-0.1, -0.05) is 6.92 Å². The van der Waals surface area contributed by atoms with E-state index in [-0.39, 0.29) is 5.56 Å². The molecule has 0 atom stereocenters. The number of likely N-dealkylation sites (N-methyl/N-ethyl adjacent to an activating group) is 1. The van der Waals surface area contributed by atoms with E-state index in [1.165, 1.54) is 0 Å². The fourth-order valence-corrected chi connectivity index (χ4v) is 1.26. The summed E-state index contributed by atoms with van der Waals surface area (Å²) in [5, 5.41) is 3.30. The molecule has 2 N–H and O–H groups in total. The number of H-pyrrole nitrogens is 1. The fraction of sp³-hybridized carbons (Fsp3) is 0.545. The van der Waals surface area contributed by atoms with Crippen molar-refractivity contribution in [3.05, 3.63) is 34.2 Å². The lowest BCUT2D eigenvalue weighted by atomic mass is 10.3. The van der Waals surface area contributed by atoms with E-state index < -0.39 is 0 Å².